The molecule has 0 aliphatic carbocycles. The summed E-state index contributed by atoms with van der Waals surface area (Å²) < 4.78 is 15.6. The van der Waals surface area contributed by atoms with Crippen LogP contribution in [0.2, 0.25) is 0 Å². The Hall–Kier alpha value is -2.45. The van der Waals surface area contributed by atoms with Crippen LogP contribution in [0.15, 0.2) is 28.8 Å². The molecule has 8 nitrogen and oxygen atoms in total. The van der Waals surface area contributed by atoms with E-state index < -0.39 is 0 Å². The fourth-order valence-electron chi connectivity index (χ4n) is 2.56. The molecule has 2 heterocycles. The van der Waals surface area contributed by atoms with Gasteiger partial charge in [0.15, 0.2) is 5.82 Å². The highest BCUT2D eigenvalue weighted by Crippen LogP contribution is 2.20. The third kappa shape index (κ3) is 5.01. The van der Waals surface area contributed by atoms with Crippen molar-refractivity contribution < 1.29 is 18.8 Å². The van der Waals surface area contributed by atoms with Crippen LogP contribution in [-0.2, 0) is 16.0 Å². The fourth-order valence-corrected chi connectivity index (χ4v) is 2.56. The first-order valence-electron chi connectivity index (χ1n) is 8.28. The lowest BCUT2D eigenvalue weighted by atomic mass is 10.2. The average Bonchev–Trinajstić information content (AvgIpc) is 3.11. The smallest absolute Gasteiger partial charge is 0.257 e. The molecule has 25 heavy (non-hydrogen) atoms. The normalized spacial score (nSPS) is 15.1. The Labute approximate surface area is 146 Å². The summed E-state index contributed by atoms with van der Waals surface area (Å²) in [5.74, 6) is 1.40. The summed E-state index contributed by atoms with van der Waals surface area (Å²) >= 11 is 0. The van der Waals surface area contributed by atoms with Gasteiger partial charge >= 0.3 is 0 Å². The van der Waals surface area contributed by atoms with Crippen molar-refractivity contribution in [2.45, 2.75) is 6.42 Å². The van der Waals surface area contributed by atoms with Crippen LogP contribution in [0.1, 0.15) is 5.82 Å². The number of carbonyl (C=O) groups is 1. The predicted octanol–water partition coefficient (Wildman–Crippen LogP) is 0.736. The van der Waals surface area contributed by atoms with E-state index in [1.807, 2.05) is 24.3 Å². The second-order valence-electron chi connectivity index (χ2n) is 5.73. The van der Waals surface area contributed by atoms with E-state index in [4.69, 9.17) is 14.0 Å². The summed E-state index contributed by atoms with van der Waals surface area (Å²) in [6.45, 7) is 4.74. The topological polar surface area (TPSA) is 89.7 Å². The van der Waals surface area contributed by atoms with E-state index in [-0.39, 0.29) is 12.3 Å². The predicted molar refractivity (Wildman–Crippen MR) is 90.3 cm³/mol. The van der Waals surface area contributed by atoms with Crippen molar-refractivity contribution in [3.63, 3.8) is 0 Å². The molecule has 1 aliphatic rings. The summed E-state index contributed by atoms with van der Waals surface area (Å²) in [4.78, 5) is 18.5. The number of morpholine rings is 1. The number of nitrogens with one attached hydrogen (secondary N) is 1. The van der Waals surface area contributed by atoms with Gasteiger partial charge in [0.1, 0.15) is 5.75 Å². The molecule has 1 N–H and O–H groups in total. The molecule has 1 fully saturated rings. The van der Waals surface area contributed by atoms with E-state index in [1.54, 1.807) is 7.11 Å². The number of aromatic nitrogens is 2. The molecule has 3 rings (SSSR count). The Morgan fingerprint density at radius 2 is 2.04 bits per heavy atom. The SMILES string of the molecule is COc1ccc(-c2nc(CC(=O)NCCN3CCOCC3)no2)cc1. The summed E-state index contributed by atoms with van der Waals surface area (Å²) in [6, 6.07) is 7.30. The Kier molecular flexibility index (Phi) is 5.97. The van der Waals surface area contributed by atoms with E-state index in [0.717, 1.165) is 44.2 Å². The second kappa shape index (κ2) is 8.59. The van der Waals surface area contributed by atoms with E-state index in [0.29, 0.717) is 18.3 Å². The standard InChI is InChI=1S/C17H22N4O4/c1-23-14-4-2-13(3-5-14)17-19-15(20-25-17)12-16(22)18-6-7-21-8-10-24-11-9-21/h2-5H,6-12H2,1H3,(H,18,22). The maximum atomic E-state index is 12.0. The third-order valence-electron chi connectivity index (χ3n) is 3.98. The van der Waals surface area contributed by atoms with Gasteiger partial charge in [0.2, 0.25) is 5.91 Å². The number of hydrogen-bond acceptors (Lipinski definition) is 7. The van der Waals surface area contributed by atoms with Gasteiger partial charge < -0.3 is 19.3 Å². The highest BCUT2D eigenvalue weighted by molar-refractivity contribution is 5.77. The fraction of sp³-hybridized carbons (Fsp3) is 0.471. The van der Waals surface area contributed by atoms with E-state index in [1.165, 1.54) is 0 Å². The van der Waals surface area contributed by atoms with Gasteiger partial charge in [-0.3, -0.25) is 9.69 Å². The van der Waals surface area contributed by atoms with Crippen molar-refractivity contribution >= 4 is 5.91 Å². The van der Waals surface area contributed by atoms with Crippen molar-refractivity contribution in [1.29, 1.82) is 0 Å². The molecule has 134 valence electrons. The van der Waals surface area contributed by atoms with Crippen LogP contribution in [0.4, 0.5) is 0 Å². The maximum Gasteiger partial charge on any atom is 0.257 e. The number of amides is 1. The number of nitrogens with zero attached hydrogens (tertiary/aromatic N) is 3. The molecular weight excluding hydrogens is 324 g/mol. The Morgan fingerprint density at radius 1 is 1.28 bits per heavy atom. The minimum Gasteiger partial charge on any atom is -0.497 e. The van der Waals surface area contributed by atoms with Gasteiger partial charge in [-0.1, -0.05) is 5.16 Å². The van der Waals surface area contributed by atoms with E-state index in [2.05, 4.69) is 20.4 Å². The highest BCUT2D eigenvalue weighted by atomic mass is 16.5. The second-order valence-corrected chi connectivity index (χ2v) is 5.73. The number of rotatable bonds is 7. The average molecular weight is 346 g/mol. The molecule has 0 spiro atoms. The monoisotopic (exact) mass is 346 g/mol. The van der Waals surface area contributed by atoms with Crippen molar-refractivity contribution in [2.75, 3.05) is 46.5 Å². The molecule has 1 aromatic heterocycles. The number of ether oxygens (including phenoxy) is 2. The van der Waals surface area contributed by atoms with Crippen LogP contribution in [-0.4, -0.2) is 67.5 Å². The summed E-state index contributed by atoms with van der Waals surface area (Å²) in [6.07, 6.45) is 0.1000. The summed E-state index contributed by atoms with van der Waals surface area (Å²) in [5, 5.41) is 6.75. The highest BCUT2D eigenvalue weighted by Gasteiger charge is 2.14. The van der Waals surface area contributed by atoms with E-state index in [9.17, 15) is 4.79 Å². The Balaban J connectivity index is 1.46. The van der Waals surface area contributed by atoms with Gasteiger partial charge in [0.25, 0.3) is 5.89 Å². The quantitative estimate of drug-likeness (QED) is 0.791. The molecule has 2 aromatic rings. The molecule has 1 aliphatic heterocycles. The molecule has 1 amide bonds. The molecule has 0 radical (unpaired) electrons. The Bertz CT molecular complexity index is 680. The summed E-state index contributed by atoms with van der Waals surface area (Å²) in [7, 11) is 1.61. The van der Waals surface area contributed by atoms with Gasteiger partial charge in [-0.05, 0) is 24.3 Å². The van der Waals surface area contributed by atoms with Crippen molar-refractivity contribution in [1.82, 2.24) is 20.4 Å². The minimum absolute atomic E-state index is 0.1000. The number of benzene rings is 1. The first-order chi connectivity index (χ1) is 12.2. The zero-order valence-corrected chi connectivity index (χ0v) is 14.2. The van der Waals surface area contributed by atoms with Crippen LogP contribution < -0.4 is 10.1 Å². The Morgan fingerprint density at radius 3 is 2.76 bits per heavy atom. The van der Waals surface area contributed by atoms with Crippen LogP contribution >= 0.6 is 0 Å². The van der Waals surface area contributed by atoms with E-state index >= 15 is 0 Å². The van der Waals surface area contributed by atoms with Crippen LogP contribution in [0.25, 0.3) is 11.5 Å². The number of methoxy groups -OCH3 is 1. The molecule has 0 atom stereocenters. The minimum atomic E-state index is -0.115. The molecule has 0 saturated carbocycles. The zero-order valence-electron chi connectivity index (χ0n) is 14.2. The van der Waals surface area contributed by atoms with Crippen molar-refractivity contribution in [2.24, 2.45) is 0 Å². The molecule has 1 saturated heterocycles. The van der Waals surface area contributed by atoms with Gasteiger partial charge in [-0.25, -0.2) is 0 Å². The summed E-state index contributed by atoms with van der Waals surface area (Å²) in [5.41, 5.74) is 0.785. The van der Waals surface area contributed by atoms with Gasteiger partial charge in [-0.15, -0.1) is 0 Å². The third-order valence-corrected chi connectivity index (χ3v) is 3.98. The first kappa shape index (κ1) is 17.4. The molecule has 1 aromatic carbocycles. The molecular formula is C17H22N4O4. The maximum absolute atomic E-state index is 12.0. The van der Waals surface area contributed by atoms with Crippen molar-refractivity contribution in [3.05, 3.63) is 30.1 Å². The van der Waals surface area contributed by atoms with Gasteiger partial charge in [0, 0.05) is 31.7 Å². The number of carbonyl (C=O) groups excluding carboxylic acids is 1. The van der Waals surface area contributed by atoms with Crippen molar-refractivity contribution in [3.8, 4) is 17.2 Å². The molecule has 0 unspecified atom stereocenters. The lowest BCUT2D eigenvalue weighted by molar-refractivity contribution is -0.120. The molecule has 8 heteroatoms. The lowest BCUT2D eigenvalue weighted by Gasteiger charge is -2.26. The van der Waals surface area contributed by atoms with Gasteiger partial charge in [0.05, 0.1) is 26.7 Å². The van der Waals surface area contributed by atoms with Crippen LogP contribution in [0, 0.1) is 0 Å². The zero-order chi connectivity index (χ0) is 17.5. The molecule has 0 bridgehead atoms. The van der Waals surface area contributed by atoms with Crippen LogP contribution in [0.3, 0.4) is 0 Å². The first-order valence-corrected chi connectivity index (χ1v) is 8.28. The number of hydrogen-bond donors (Lipinski definition) is 1. The van der Waals surface area contributed by atoms with Gasteiger partial charge in [-0.2, -0.15) is 4.98 Å². The largest absolute Gasteiger partial charge is 0.497 e. The van der Waals surface area contributed by atoms with Crippen LogP contribution in [0.5, 0.6) is 5.75 Å². The lowest BCUT2D eigenvalue weighted by Crippen LogP contribution is -2.41.